The largest absolute Gasteiger partial charge is 0.374 e. The van der Waals surface area contributed by atoms with Crippen molar-refractivity contribution in [2.45, 2.75) is 45.3 Å². The first-order chi connectivity index (χ1) is 10.6. The zero-order valence-electron chi connectivity index (χ0n) is 14.1. The number of carbonyl (C=O) groups is 1. The van der Waals surface area contributed by atoms with Crippen LogP contribution in [0, 0.1) is 5.92 Å². The molecule has 1 saturated heterocycles. The molecule has 0 spiro atoms. The Bertz CT molecular complexity index is 477. The highest BCUT2D eigenvalue weighted by Crippen LogP contribution is 2.18. The number of ether oxygens (including phenoxy) is 1. The Morgan fingerprint density at radius 1 is 1.48 bits per heavy atom. The molecule has 0 aliphatic carbocycles. The van der Waals surface area contributed by atoms with Gasteiger partial charge in [-0.15, -0.1) is 12.4 Å². The van der Waals surface area contributed by atoms with E-state index < -0.39 is 0 Å². The molecule has 7 nitrogen and oxygen atoms in total. The Hall–Kier alpha value is -1.18. The summed E-state index contributed by atoms with van der Waals surface area (Å²) in [5, 5.41) is 7.20. The summed E-state index contributed by atoms with van der Waals surface area (Å²) < 4.78 is 10.3. The van der Waals surface area contributed by atoms with Crippen LogP contribution in [0.3, 0.4) is 0 Å². The lowest BCUT2D eigenvalue weighted by Gasteiger charge is -2.23. The van der Waals surface area contributed by atoms with Gasteiger partial charge in [0.2, 0.25) is 11.8 Å². The molecule has 1 atom stereocenters. The minimum Gasteiger partial charge on any atom is -0.374 e. The summed E-state index contributed by atoms with van der Waals surface area (Å²) in [7, 11) is 3.37. The van der Waals surface area contributed by atoms with Gasteiger partial charge in [-0.1, -0.05) is 5.16 Å². The third-order valence-electron chi connectivity index (χ3n) is 4.22. The summed E-state index contributed by atoms with van der Waals surface area (Å²) in [4.78, 5) is 18.1. The highest BCUT2D eigenvalue weighted by Gasteiger charge is 2.19. The molecule has 2 rings (SSSR count). The van der Waals surface area contributed by atoms with Crippen LogP contribution in [0.2, 0.25) is 0 Å². The van der Waals surface area contributed by atoms with Crippen molar-refractivity contribution < 1.29 is 14.1 Å². The Balaban J connectivity index is 0.00000264. The second-order valence-corrected chi connectivity index (χ2v) is 5.91. The topological polar surface area (TPSA) is 80.5 Å². The van der Waals surface area contributed by atoms with Crippen molar-refractivity contribution in [2.24, 2.45) is 5.92 Å². The molecule has 1 fully saturated rings. The first kappa shape index (κ1) is 19.9. The molecule has 1 aromatic heterocycles. The average Bonchev–Trinajstić information content (AvgIpc) is 3.01. The van der Waals surface area contributed by atoms with Crippen LogP contribution in [-0.2, 0) is 16.1 Å². The number of halogens is 1. The smallest absolute Gasteiger partial charge is 0.246 e. The predicted molar refractivity (Wildman–Crippen MR) is 88.3 cm³/mol. The molecule has 0 saturated carbocycles. The maximum absolute atomic E-state index is 12.2. The first-order valence-corrected chi connectivity index (χ1v) is 7.90. The van der Waals surface area contributed by atoms with Crippen LogP contribution in [0.4, 0.5) is 0 Å². The summed E-state index contributed by atoms with van der Waals surface area (Å²) in [6, 6.07) is 0. The zero-order valence-corrected chi connectivity index (χ0v) is 14.9. The summed E-state index contributed by atoms with van der Waals surface area (Å²) in [6.07, 6.45) is 3.66. The summed E-state index contributed by atoms with van der Waals surface area (Å²) in [5.74, 6) is 1.74. The van der Waals surface area contributed by atoms with Crippen molar-refractivity contribution in [3.05, 3.63) is 11.7 Å². The number of amides is 1. The fourth-order valence-electron chi connectivity index (χ4n) is 2.58. The third-order valence-corrected chi connectivity index (χ3v) is 4.22. The molecule has 0 bridgehead atoms. The van der Waals surface area contributed by atoms with Gasteiger partial charge in [0.05, 0.1) is 6.54 Å². The fraction of sp³-hybridized carbons (Fsp3) is 0.800. The van der Waals surface area contributed by atoms with E-state index in [1.54, 1.807) is 19.1 Å². The summed E-state index contributed by atoms with van der Waals surface area (Å²) in [5.41, 5.74) is 0. The number of aromatic nitrogens is 2. The number of piperidine rings is 1. The van der Waals surface area contributed by atoms with Crippen LogP contribution in [0.5, 0.6) is 0 Å². The second kappa shape index (κ2) is 9.85. The Morgan fingerprint density at radius 2 is 2.17 bits per heavy atom. The monoisotopic (exact) mass is 346 g/mol. The lowest BCUT2D eigenvalue weighted by Crippen LogP contribution is -2.30. The van der Waals surface area contributed by atoms with Crippen molar-refractivity contribution in [1.82, 2.24) is 20.4 Å². The summed E-state index contributed by atoms with van der Waals surface area (Å²) >= 11 is 0. The fourth-order valence-corrected chi connectivity index (χ4v) is 2.58. The number of methoxy groups -OCH3 is 1. The van der Waals surface area contributed by atoms with Gasteiger partial charge in [0.25, 0.3) is 0 Å². The standard InChI is InChI=1S/C15H26N4O3.ClH/c1-11(21-3)15-17-13(22-18-15)10-19(2)14(20)5-4-12-6-8-16-9-7-12;/h11-12,16H,4-10H2,1-3H3;1H. The molecule has 1 aliphatic rings. The normalized spacial score (nSPS) is 16.7. The van der Waals surface area contributed by atoms with E-state index in [1.807, 2.05) is 6.92 Å². The van der Waals surface area contributed by atoms with Gasteiger partial charge in [-0.3, -0.25) is 4.79 Å². The molecule has 2 heterocycles. The van der Waals surface area contributed by atoms with Gasteiger partial charge in [-0.2, -0.15) is 4.98 Å². The summed E-state index contributed by atoms with van der Waals surface area (Å²) in [6.45, 7) is 4.32. The lowest BCUT2D eigenvalue weighted by atomic mass is 9.93. The minimum absolute atomic E-state index is 0. The molecule has 0 radical (unpaired) electrons. The van der Waals surface area contributed by atoms with Gasteiger partial charge >= 0.3 is 0 Å². The van der Waals surface area contributed by atoms with Crippen LogP contribution in [0.1, 0.15) is 50.4 Å². The van der Waals surface area contributed by atoms with E-state index in [4.69, 9.17) is 9.26 Å². The molecular weight excluding hydrogens is 320 g/mol. The lowest BCUT2D eigenvalue weighted by molar-refractivity contribution is -0.131. The van der Waals surface area contributed by atoms with Crippen molar-refractivity contribution in [3.63, 3.8) is 0 Å². The number of hydrogen-bond donors (Lipinski definition) is 1. The van der Waals surface area contributed by atoms with Crippen LogP contribution in [-0.4, -0.2) is 48.2 Å². The highest BCUT2D eigenvalue weighted by atomic mass is 35.5. The molecule has 1 N–H and O–H groups in total. The molecule has 8 heteroatoms. The van der Waals surface area contributed by atoms with Crippen molar-refractivity contribution in [1.29, 1.82) is 0 Å². The number of carbonyl (C=O) groups excluding carboxylic acids is 1. The molecular formula is C15H27ClN4O3. The molecule has 1 unspecified atom stereocenters. The van der Waals surface area contributed by atoms with E-state index in [2.05, 4.69) is 15.5 Å². The van der Waals surface area contributed by atoms with Gasteiger partial charge in [0, 0.05) is 20.6 Å². The number of hydrogen-bond acceptors (Lipinski definition) is 6. The van der Waals surface area contributed by atoms with Gasteiger partial charge in [-0.05, 0) is 45.2 Å². The van der Waals surface area contributed by atoms with Crippen LogP contribution < -0.4 is 5.32 Å². The quantitative estimate of drug-likeness (QED) is 0.812. The van der Waals surface area contributed by atoms with Crippen LogP contribution in [0.25, 0.3) is 0 Å². The van der Waals surface area contributed by atoms with E-state index >= 15 is 0 Å². The number of nitrogens with one attached hydrogen (secondary N) is 1. The first-order valence-electron chi connectivity index (χ1n) is 7.90. The molecule has 1 aliphatic heterocycles. The number of rotatable bonds is 7. The van der Waals surface area contributed by atoms with Gasteiger partial charge in [0.15, 0.2) is 5.82 Å². The van der Waals surface area contributed by atoms with Crippen molar-refractivity contribution >= 4 is 18.3 Å². The van der Waals surface area contributed by atoms with Gasteiger partial charge < -0.3 is 19.5 Å². The van der Waals surface area contributed by atoms with E-state index in [0.717, 1.165) is 19.5 Å². The zero-order chi connectivity index (χ0) is 15.9. The maximum atomic E-state index is 12.2. The van der Waals surface area contributed by atoms with E-state index in [-0.39, 0.29) is 24.4 Å². The van der Waals surface area contributed by atoms with E-state index in [1.165, 1.54) is 12.8 Å². The van der Waals surface area contributed by atoms with Gasteiger partial charge in [-0.25, -0.2) is 0 Å². The Labute approximate surface area is 143 Å². The van der Waals surface area contributed by atoms with Crippen LogP contribution >= 0.6 is 12.4 Å². The van der Waals surface area contributed by atoms with Crippen molar-refractivity contribution in [3.8, 4) is 0 Å². The SMILES string of the molecule is COC(C)c1noc(CN(C)C(=O)CCC2CCNCC2)n1.Cl. The molecule has 0 aromatic carbocycles. The highest BCUT2D eigenvalue weighted by molar-refractivity contribution is 5.85. The Kier molecular flexibility index (Phi) is 8.51. The molecule has 1 aromatic rings. The second-order valence-electron chi connectivity index (χ2n) is 5.91. The maximum Gasteiger partial charge on any atom is 0.246 e. The number of nitrogens with zero attached hydrogens (tertiary/aromatic N) is 3. The predicted octanol–water partition coefficient (Wildman–Crippen LogP) is 1.94. The Morgan fingerprint density at radius 3 is 2.83 bits per heavy atom. The van der Waals surface area contributed by atoms with E-state index in [9.17, 15) is 4.79 Å². The molecule has 1 amide bonds. The molecule has 23 heavy (non-hydrogen) atoms. The minimum atomic E-state index is -0.210. The van der Waals surface area contributed by atoms with Crippen molar-refractivity contribution in [2.75, 3.05) is 27.2 Å². The third kappa shape index (κ3) is 6.08. The van der Waals surface area contributed by atoms with Crippen LogP contribution in [0.15, 0.2) is 4.52 Å². The molecule has 132 valence electrons. The van der Waals surface area contributed by atoms with E-state index in [0.29, 0.717) is 30.6 Å². The van der Waals surface area contributed by atoms with Gasteiger partial charge in [0.1, 0.15) is 6.10 Å². The average molecular weight is 347 g/mol.